The summed E-state index contributed by atoms with van der Waals surface area (Å²) in [6.45, 7) is 1.66. The molecule has 1 aliphatic heterocycles. The number of hydrogen-bond acceptors (Lipinski definition) is 4. The van der Waals surface area contributed by atoms with Gasteiger partial charge in [-0.05, 0) is 25.8 Å². The Morgan fingerprint density at radius 3 is 2.78 bits per heavy atom. The maximum absolute atomic E-state index is 13.9. The number of hydrogen-bond donors (Lipinski definition) is 1. The van der Waals surface area contributed by atoms with E-state index in [1.165, 1.54) is 38.1 Å². The minimum absolute atomic E-state index is 0.0734. The number of para-hydroxylation sites is 1. The normalized spacial score (nSPS) is 19.2. The maximum atomic E-state index is 13.9. The van der Waals surface area contributed by atoms with Crippen LogP contribution in [0.15, 0.2) is 18.2 Å². The number of amides is 1. The molecule has 0 aliphatic carbocycles. The number of halogens is 1. The highest BCUT2D eigenvalue weighted by Gasteiger charge is 2.33. The fourth-order valence-corrected chi connectivity index (χ4v) is 3.81. The quantitative estimate of drug-likeness (QED) is 0.897. The minimum atomic E-state index is -3.90. The first-order valence-corrected chi connectivity index (χ1v) is 8.92. The van der Waals surface area contributed by atoms with Gasteiger partial charge < -0.3 is 9.64 Å². The topological polar surface area (TPSA) is 75.7 Å². The van der Waals surface area contributed by atoms with Crippen LogP contribution in [-0.2, 0) is 14.8 Å². The summed E-state index contributed by atoms with van der Waals surface area (Å²) in [5.41, 5.74) is 0.454. The van der Waals surface area contributed by atoms with Crippen LogP contribution in [0.2, 0.25) is 0 Å². The third kappa shape index (κ3) is 3.81. The van der Waals surface area contributed by atoms with Gasteiger partial charge in [0.25, 0.3) is 0 Å². The zero-order chi connectivity index (χ0) is 17.2. The molecule has 2 rings (SSSR count). The van der Waals surface area contributed by atoms with Gasteiger partial charge in [0, 0.05) is 19.7 Å². The first-order chi connectivity index (χ1) is 10.7. The summed E-state index contributed by atoms with van der Waals surface area (Å²) in [6.07, 6.45) is 1.05. The zero-order valence-corrected chi connectivity index (χ0v) is 14.2. The fraction of sp³-hybridized carbons (Fsp3) is 0.533. The van der Waals surface area contributed by atoms with Gasteiger partial charge in [0.2, 0.25) is 15.9 Å². The molecule has 0 bridgehead atoms. The summed E-state index contributed by atoms with van der Waals surface area (Å²) in [7, 11) is -0.898. The first kappa shape index (κ1) is 17.7. The predicted octanol–water partition coefficient (Wildman–Crippen LogP) is 1.44. The molecule has 1 aromatic carbocycles. The molecule has 0 saturated heterocycles. The van der Waals surface area contributed by atoms with Crippen molar-refractivity contribution in [3.63, 3.8) is 0 Å². The van der Waals surface area contributed by atoms with Gasteiger partial charge in [0.05, 0.1) is 12.6 Å². The predicted molar refractivity (Wildman–Crippen MR) is 84.1 cm³/mol. The van der Waals surface area contributed by atoms with Crippen molar-refractivity contribution in [3.05, 3.63) is 29.6 Å². The maximum Gasteiger partial charge on any atom is 0.241 e. The third-order valence-corrected chi connectivity index (χ3v) is 5.56. The second kappa shape index (κ2) is 6.84. The van der Waals surface area contributed by atoms with Crippen molar-refractivity contribution in [2.45, 2.75) is 31.1 Å². The van der Waals surface area contributed by atoms with Crippen LogP contribution in [0, 0.1) is 5.82 Å². The van der Waals surface area contributed by atoms with Gasteiger partial charge in [-0.15, -0.1) is 0 Å². The largest absolute Gasteiger partial charge is 0.490 e. The van der Waals surface area contributed by atoms with Crippen molar-refractivity contribution in [1.82, 2.24) is 9.62 Å². The Balaban J connectivity index is 2.30. The molecule has 0 saturated carbocycles. The van der Waals surface area contributed by atoms with E-state index in [-0.39, 0.29) is 5.75 Å². The lowest BCUT2D eigenvalue weighted by Gasteiger charge is -2.22. The highest BCUT2D eigenvalue weighted by molar-refractivity contribution is 7.90. The summed E-state index contributed by atoms with van der Waals surface area (Å²) < 4.78 is 46.7. The molecule has 0 unspecified atom stereocenters. The molecule has 23 heavy (non-hydrogen) atoms. The molecule has 128 valence electrons. The lowest BCUT2D eigenvalue weighted by molar-refractivity contribution is -0.127. The highest BCUT2D eigenvalue weighted by atomic mass is 32.2. The standard InChI is InChI=1S/C15H21FN2O4S/c1-10(15(19)18(2)3)23(20,21)17-13-8-5-9-22-14-11(13)6-4-7-12(14)16/h4,6-7,10,13,17H,5,8-9H2,1-3H3/t10-,13+/m0/s1. The van der Waals surface area contributed by atoms with E-state index in [0.717, 1.165) is 0 Å². The van der Waals surface area contributed by atoms with Crippen molar-refractivity contribution in [3.8, 4) is 5.75 Å². The third-order valence-electron chi connectivity index (χ3n) is 3.82. The molecule has 0 aromatic heterocycles. The summed E-state index contributed by atoms with van der Waals surface area (Å²) in [6, 6.07) is 3.80. The van der Waals surface area contributed by atoms with Crippen molar-refractivity contribution in [1.29, 1.82) is 0 Å². The monoisotopic (exact) mass is 344 g/mol. The Kier molecular flexibility index (Phi) is 5.26. The number of rotatable bonds is 4. The molecule has 1 amide bonds. The number of sulfonamides is 1. The van der Waals surface area contributed by atoms with Crippen LogP contribution in [0.5, 0.6) is 5.75 Å². The molecular formula is C15H21FN2O4S. The molecule has 2 atom stereocenters. The number of carbonyl (C=O) groups excluding carboxylic acids is 1. The van der Waals surface area contributed by atoms with E-state index in [2.05, 4.69) is 4.72 Å². The van der Waals surface area contributed by atoms with Crippen LogP contribution in [-0.4, -0.2) is 45.2 Å². The molecular weight excluding hydrogens is 323 g/mol. The van der Waals surface area contributed by atoms with E-state index in [4.69, 9.17) is 4.74 Å². The number of nitrogens with one attached hydrogen (secondary N) is 1. The first-order valence-electron chi connectivity index (χ1n) is 7.37. The van der Waals surface area contributed by atoms with Crippen LogP contribution in [0.3, 0.4) is 0 Å². The van der Waals surface area contributed by atoms with Crippen LogP contribution < -0.4 is 9.46 Å². The molecule has 1 heterocycles. The molecule has 0 fully saturated rings. The van der Waals surface area contributed by atoms with Gasteiger partial charge in [-0.2, -0.15) is 0 Å². The van der Waals surface area contributed by atoms with Gasteiger partial charge in [-0.25, -0.2) is 17.5 Å². The smallest absolute Gasteiger partial charge is 0.241 e. The Morgan fingerprint density at radius 2 is 2.13 bits per heavy atom. The molecule has 1 aromatic rings. The second-order valence-electron chi connectivity index (χ2n) is 5.74. The molecule has 0 spiro atoms. The Bertz CT molecular complexity index is 691. The van der Waals surface area contributed by atoms with Gasteiger partial charge in [-0.1, -0.05) is 12.1 Å². The van der Waals surface area contributed by atoms with E-state index in [1.54, 1.807) is 6.07 Å². The van der Waals surface area contributed by atoms with Crippen molar-refractivity contribution in [2.75, 3.05) is 20.7 Å². The molecule has 1 aliphatic rings. The van der Waals surface area contributed by atoms with E-state index in [0.29, 0.717) is 25.0 Å². The number of fused-ring (bicyclic) bond motifs is 1. The summed E-state index contributed by atoms with van der Waals surface area (Å²) in [5.74, 6) is -0.961. The summed E-state index contributed by atoms with van der Waals surface area (Å²) >= 11 is 0. The zero-order valence-electron chi connectivity index (χ0n) is 13.4. The minimum Gasteiger partial charge on any atom is -0.490 e. The van der Waals surface area contributed by atoms with Gasteiger partial charge in [0.15, 0.2) is 16.8 Å². The van der Waals surface area contributed by atoms with E-state index in [9.17, 15) is 17.6 Å². The second-order valence-corrected chi connectivity index (χ2v) is 7.77. The van der Waals surface area contributed by atoms with Crippen LogP contribution in [0.25, 0.3) is 0 Å². The SMILES string of the molecule is C[C@@H](C(=O)N(C)C)S(=O)(=O)N[C@@H]1CCCOc2c(F)cccc21. The number of carbonyl (C=O) groups is 1. The van der Waals surface area contributed by atoms with Crippen LogP contribution >= 0.6 is 0 Å². The number of nitrogens with zero attached hydrogens (tertiary/aromatic N) is 1. The van der Waals surface area contributed by atoms with Crippen molar-refractivity contribution >= 4 is 15.9 Å². The van der Waals surface area contributed by atoms with Crippen LogP contribution in [0.4, 0.5) is 4.39 Å². The average molecular weight is 344 g/mol. The van der Waals surface area contributed by atoms with Gasteiger partial charge in [0.1, 0.15) is 0 Å². The fourth-order valence-electron chi connectivity index (χ4n) is 2.49. The summed E-state index contributed by atoms with van der Waals surface area (Å²) in [4.78, 5) is 13.2. The van der Waals surface area contributed by atoms with Crippen LogP contribution in [0.1, 0.15) is 31.4 Å². The number of ether oxygens (including phenoxy) is 1. The average Bonchev–Trinajstić information content (AvgIpc) is 2.69. The molecule has 0 radical (unpaired) electrons. The molecule has 8 heteroatoms. The lowest BCUT2D eigenvalue weighted by Crippen LogP contribution is -2.44. The Morgan fingerprint density at radius 1 is 1.43 bits per heavy atom. The highest BCUT2D eigenvalue weighted by Crippen LogP contribution is 2.34. The lowest BCUT2D eigenvalue weighted by atomic mass is 10.0. The van der Waals surface area contributed by atoms with E-state index < -0.39 is 33.0 Å². The van der Waals surface area contributed by atoms with Crippen molar-refractivity contribution < 1.29 is 22.3 Å². The van der Waals surface area contributed by atoms with Crippen molar-refractivity contribution in [2.24, 2.45) is 0 Å². The molecule has 6 nitrogen and oxygen atoms in total. The Labute approximate surface area is 135 Å². The Hall–Kier alpha value is -1.67. The van der Waals surface area contributed by atoms with Gasteiger partial charge in [-0.3, -0.25) is 4.79 Å². The van der Waals surface area contributed by atoms with Gasteiger partial charge >= 0.3 is 0 Å². The summed E-state index contributed by atoms with van der Waals surface area (Å²) in [5, 5.41) is -1.22. The number of benzene rings is 1. The molecule has 1 N–H and O–H groups in total. The van der Waals surface area contributed by atoms with E-state index >= 15 is 0 Å². The van der Waals surface area contributed by atoms with E-state index in [1.807, 2.05) is 0 Å².